The Morgan fingerprint density at radius 3 is 2.94 bits per heavy atom. The third-order valence-corrected chi connectivity index (χ3v) is 6.22. The second-order valence-electron chi connectivity index (χ2n) is 7.94. The number of fused-ring (bicyclic) bond motifs is 4. The van der Waals surface area contributed by atoms with Crippen LogP contribution in [0.5, 0.6) is 5.88 Å². The molecule has 1 saturated heterocycles. The molecule has 11 heteroatoms. The number of aromatic nitrogens is 3. The monoisotopic (exact) mass is 473 g/mol. The number of ether oxygens (including phenoxy) is 1. The second kappa shape index (κ2) is 8.43. The van der Waals surface area contributed by atoms with E-state index in [9.17, 15) is 18.4 Å². The topological polar surface area (TPSA) is 100 Å². The highest BCUT2D eigenvalue weighted by Crippen LogP contribution is 2.42. The molecule has 2 aromatic heterocycles. The number of amides is 2. The molecule has 2 bridgehead atoms. The molecular formula is C22H18ClF2N5O3. The second-order valence-corrected chi connectivity index (χ2v) is 8.35. The highest BCUT2D eigenvalue weighted by Gasteiger charge is 2.44. The molecule has 3 aromatic rings. The molecule has 2 N–H and O–H groups in total. The summed E-state index contributed by atoms with van der Waals surface area (Å²) in [7, 11) is 0. The zero-order chi connectivity index (χ0) is 23.1. The van der Waals surface area contributed by atoms with Crippen molar-refractivity contribution in [3.63, 3.8) is 0 Å². The summed E-state index contributed by atoms with van der Waals surface area (Å²) in [6, 6.07) is 7.21. The number of nitrogens with one attached hydrogen (secondary N) is 2. The van der Waals surface area contributed by atoms with Crippen molar-refractivity contribution in [3.05, 3.63) is 80.4 Å². The number of aromatic amines is 1. The van der Waals surface area contributed by atoms with Crippen LogP contribution in [0.15, 0.2) is 41.2 Å². The van der Waals surface area contributed by atoms with E-state index in [2.05, 4.69) is 20.5 Å². The van der Waals surface area contributed by atoms with Crippen molar-refractivity contribution in [2.45, 2.75) is 38.0 Å². The van der Waals surface area contributed by atoms with Crippen LogP contribution >= 0.6 is 11.6 Å². The van der Waals surface area contributed by atoms with Crippen molar-refractivity contribution in [1.29, 1.82) is 0 Å². The Bertz CT molecular complexity index is 1300. The van der Waals surface area contributed by atoms with E-state index in [0.29, 0.717) is 24.1 Å². The van der Waals surface area contributed by atoms with E-state index >= 15 is 0 Å². The van der Waals surface area contributed by atoms with E-state index in [1.54, 1.807) is 4.90 Å². The number of halogens is 3. The predicted molar refractivity (Wildman–Crippen MR) is 115 cm³/mol. The van der Waals surface area contributed by atoms with Gasteiger partial charge in [-0.25, -0.2) is 14.3 Å². The van der Waals surface area contributed by atoms with Crippen molar-refractivity contribution in [2.24, 2.45) is 0 Å². The summed E-state index contributed by atoms with van der Waals surface area (Å²) >= 11 is 6.27. The van der Waals surface area contributed by atoms with Crippen LogP contribution in [0.1, 0.15) is 35.7 Å². The lowest BCUT2D eigenvalue weighted by atomic mass is 9.99. The minimum Gasteiger partial charge on any atom is -0.473 e. The lowest BCUT2D eigenvalue weighted by Gasteiger charge is -2.35. The maximum absolute atomic E-state index is 14.8. The van der Waals surface area contributed by atoms with Crippen LogP contribution in [-0.4, -0.2) is 32.2 Å². The van der Waals surface area contributed by atoms with E-state index < -0.39 is 17.8 Å². The molecule has 1 fully saturated rings. The van der Waals surface area contributed by atoms with E-state index in [4.69, 9.17) is 16.3 Å². The zero-order valence-corrected chi connectivity index (χ0v) is 17.9. The third-order valence-electron chi connectivity index (χ3n) is 5.87. The fourth-order valence-corrected chi connectivity index (χ4v) is 4.63. The molecule has 2 aliphatic heterocycles. The smallest absolute Gasteiger partial charge is 0.322 e. The molecule has 2 amide bonds. The van der Waals surface area contributed by atoms with E-state index in [1.165, 1.54) is 30.3 Å². The third kappa shape index (κ3) is 4.13. The summed E-state index contributed by atoms with van der Waals surface area (Å²) < 4.78 is 33.3. The molecule has 170 valence electrons. The average molecular weight is 474 g/mol. The van der Waals surface area contributed by atoms with Gasteiger partial charge in [0.15, 0.2) is 0 Å². The highest BCUT2D eigenvalue weighted by atomic mass is 35.5. The summed E-state index contributed by atoms with van der Waals surface area (Å²) in [5.41, 5.74) is 1.47. The Balaban J connectivity index is 1.31. The Kier molecular flexibility index (Phi) is 5.45. The molecule has 0 radical (unpaired) electrons. The first-order valence-electron chi connectivity index (χ1n) is 10.3. The van der Waals surface area contributed by atoms with Gasteiger partial charge in [0.05, 0.1) is 17.4 Å². The molecule has 1 aromatic carbocycles. The first-order valence-corrected chi connectivity index (χ1v) is 10.7. The molecule has 0 spiro atoms. The Labute approximate surface area is 191 Å². The molecule has 0 saturated carbocycles. The molecule has 4 heterocycles. The number of nitrogens with zero attached hydrogens (tertiary/aromatic N) is 3. The van der Waals surface area contributed by atoms with Crippen LogP contribution in [-0.2, 0) is 13.0 Å². The van der Waals surface area contributed by atoms with E-state index in [1.807, 2.05) is 0 Å². The summed E-state index contributed by atoms with van der Waals surface area (Å²) in [6.07, 6.45) is 1.98. The van der Waals surface area contributed by atoms with Gasteiger partial charge in [0.2, 0.25) is 11.8 Å². The van der Waals surface area contributed by atoms with Crippen LogP contribution in [0.3, 0.4) is 0 Å². The van der Waals surface area contributed by atoms with Crippen LogP contribution in [0.25, 0.3) is 0 Å². The van der Waals surface area contributed by atoms with Crippen molar-refractivity contribution in [3.8, 4) is 5.88 Å². The maximum Gasteiger partial charge on any atom is 0.322 e. The Hall–Kier alpha value is -3.53. The fraction of sp³-hybridized carbons (Fsp3) is 0.273. The van der Waals surface area contributed by atoms with Crippen LogP contribution in [0.4, 0.5) is 19.3 Å². The normalized spacial score (nSPS) is 18.7. The number of pyridine rings is 1. The van der Waals surface area contributed by atoms with Gasteiger partial charge in [-0.15, -0.1) is 0 Å². The highest BCUT2D eigenvalue weighted by molar-refractivity contribution is 6.31. The van der Waals surface area contributed by atoms with Gasteiger partial charge in [-0.1, -0.05) is 17.7 Å². The van der Waals surface area contributed by atoms with Crippen molar-refractivity contribution >= 4 is 23.3 Å². The van der Waals surface area contributed by atoms with Gasteiger partial charge < -0.3 is 15.0 Å². The fourth-order valence-electron chi connectivity index (χ4n) is 4.41. The van der Waals surface area contributed by atoms with Gasteiger partial charge in [-0.3, -0.25) is 4.79 Å². The quantitative estimate of drug-likeness (QED) is 0.558. The standard InChI is InChI=1S/C22H18ClF2N5O3/c23-14-9-16(15(24)7-12(14)10-33-20-3-1-2-18(25)27-20)26-22(32)30-13-4-5-17(30)21-11(6-13)8-19(31)28-29-21/h1-3,7-9,13,17H,4-6,10H2,(H,26,32)(H,28,31)/t13-,17+/m0/s1. The van der Waals surface area contributed by atoms with Crippen molar-refractivity contribution < 1.29 is 18.3 Å². The summed E-state index contributed by atoms with van der Waals surface area (Å²) in [5, 5.41) is 9.33. The number of hydrogen-bond donors (Lipinski definition) is 2. The molecule has 2 atom stereocenters. The molecule has 8 nitrogen and oxygen atoms in total. The first kappa shape index (κ1) is 21.3. The maximum atomic E-state index is 14.8. The van der Waals surface area contributed by atoms with Crippen LogP contribution < -0.4 is 15.6 Å². The number of carbonyl (C=O) groups is 1. The van der Waals surface area contributed by atoms with Gasteiger partial charge in [-0.2, -0.15) is 14.5 Å². The summed E-state index contributed by atoms with van der Waals surface area (Å²) in [6.45, 7) is -0.128. The number of rotatable bonds is 4. The first-order chi connectivity index (χ1) is 15.9. The SMILES string of the molecule is O=C(Nc1cc(Cl)c(COc2cccc(F)n2)cc1F)N1[C@H]2CC[C@@H]1c1n[nH]c(=O)cc1C2. The molecule has 5 rings (SSSR count). The van der Waals surface area contributed by atoms with Crippen molar-refractivity contribution in [2.75, 3.05) is 5.32 Å². The van der Waals surface area contributed by atoms with Gasteiger partial charge in [0.25, 0.3) is 5.56 Å². The minimum absolute atomic E-state index is 0.0414. The Morgan fingerprint density at radius 2 is 2.12 bits per heavy atom. The molecular weight excluding hydrogens is 456 g/mol. The average Bonchev–Trinajstić information content (AvgIpc) is 3.10. The summed E-state index contributed by atoms with van der Waals surface area (Å²) in [4.78, 5) is 29.8. The van der Waals surface area contributed by atoms with Crippen LogP contribution in [0, 0.1) is 11.8 Å². The molecule has 33 heavy (non-hydrogen) atoms. The van der Waals surface area contributed by atoms with Gasteiger partial charge in [0, 0.05) is 28.8 Å². The largest absolute Gasteiger partial charge is 0.473 e. The number of anilines is 1. The van der Waals surface area contributed by atoms with Crippen LogP contribution in [0.2, 0.25) is 5.02 Å². The number of H-pyrrole nitrogens is 1. The minimum atomic E-state index is -0.696. The lowest BCUT2D eigenvalue weighted by Crippen LogP contribution is -2.45. The van der Waals surface area contributed by atoms with Gasteiger partial charge >= 0.3 is 6.03 Å². The number of benzene rings is 1. The Morgan fingerprint density at radius 1 is 1.27 bits per heavy atom. The number of hydrogen-bond acceptors (Lipinski definition) is 5. The van der Waals surface area contributed by atoms with E-state index in [0.717, 1.165) is 18.1 Å². The predicted octanol–water partition coefficient (Wildman–Crippen LogP) is 3.97. The van der Waals surface area contributed by atoms with Crippen molar-refractivity contribution in [1.82, 2.24) is 20.1 Å². The molecule has 2 aliphatic rings. The zero-order valence-electron chi connectivity index (χ0n) is 17.1. The molecule has 0 aliphatic carbocycles. The summed E-state index contributed by atoms with van der Waals surface area (Å²) in [5.74, 6) is -1.34. The van der Waals surface area contributed by atoms with Gasteiger partial charge in [0.1, 0.15) is 12.4 Å². The molecule has 0 unspecified atom stereocenters. The van der Waals surface area contributed by atoms with Gasteiger partial charge in [-0.05, 0) is 43.0 Å². The number of urea groups is 1. The van der Waals surface area contributed by atoms with E-state index in [-0.39, 0.29) is 40.8 Å². The number of carbonyl (C=O) groups excluding carboxylic acids is 1. The lowest BCUT2D eigenvalue weighted by molar-refractivity contribution is 0.177.